The molecule has 0 saturated carbocycles. The van der Waals surface area contributed by atoms with Crippen LogP contribution in [0.15, 0.2) is 66.1 Å². The summed E-state index contributed by atoms with van der Waals surface area (Å²) in [4.78, 5) is 50.0. The van der Waals surface area contributed by atoms with Crippen molar-refractivity contribution in [2.45, 2.75) is 23.2 Å². The number of benzene rings is 1. The first-order valence-corrected chi connectivity index (χ1v) is 13.0. The van der Waals surface area contributed by atoms with Crippen LogP contribution in [0.2, 0.25) is 0 Å². The van der Waals surface area contributed by atoms with Gasteiger partial charge in [-0.15, -0.1) is 11.8 Å². The zero-order chi connectivity index (χ0) is 26.2. The number of nitrogens with zero attached hydrogens (tertiary/aromatic N) is 2. The van der Waals surface area contributed by atoms with Gasteiger partial charge in [-0.3, -0.25) is 19.3 Å². The Bertz CT molecular complexity index is 1380. The number of carboxylic acid groups (broad SMARTS) is 1. The van der Waals surface area contributed by atoms with Crippen LogP contribution in [0.25, 0.3) is 0 Å². The summed E-state index contributed by atoms with van der Waals surface area (Å²) in [5.74, 6) is -3.64. The zero-order valence-electron chi connectivity index (χ0n) is 19.4. The van der Waals surface area contributed by atoms with E-state index in [4.69, 9.17) is 5.73 Å². The standard InChI is InChI=1S/C22H20N4O8S2.Na/c23-18(27)13-6-8-25(9-7-13)10-14-11-35-21-15(20(29)26(21)16(14)22(30)31)24-19(28)17(36(32,33)34)12-4-2-1-3-5-12;/h1-9,15,17,21H,10-11H2,(H4-,23,24,27,28,30,31,32,33,34);/q;+1. The predicted octanol–water partition coefficient (Wildman–Crippen LogP) is -3.90. The number of hydrogen-bond acceptors (Lipinski definition) is 8. The Morgan fingerprint density at radius 1 is 1.19 bits per heavy atom. The summed E-state index contributed by atoms with van der Waals surface area (Å²) in [6.45, 7) is 0.117. The summed E-state index contributed by atoms with van der Waals surface area (Å²) in [6, 6.07) is 8.92. The molecule has 0 aliphatic carbocycles. The molecule has 1 fully saturated rings. The molecule has 12 nitrogen and oxygen atoms in total. The zero-order valence-corrected chi connectivity index (χ0v) is 23.1. The molecule has 1 saturated heterocycles. The molecule has 4 rings (SSSR count). The van der Waals surface area contributed by atoms with Crippen molar-refractivity contribution in [3.63, 3.8) is 0 Å². The number of carbonyl (C=O) groups excluding carboxylic acids is 3. The third kappa shape index (κ3) is 5.89. The first-order valence-electron chi connectivity index (χ1n) is 10.5. The summed E-state index contributed by atoms with van der Waals surface area (Å²) in [5, 5.41) is 9.29. The van der Waals surface area contributed by atoms with Crippen molar-refractivity contribution in [2.24, 2.45) is 5.73 Å². The van der Waals surface area contributed by atoms with E-state index < -0.39 is 50.5 Å². The molecule has 37 heavy (non-hydrogen) atoms. The first kappa shape index (κ1) is 28.8. The smallest absolute Gasteiger partial charge is 0.747 e. The molecule has 0 bridgehead atoms. The van der Waals surface area contributed by atoms with Gasteiger partial charge in [0, 0.05) is 23.5 Å². The van der Waals surface area contributed by atoms with Gasteiger partial charge in [-0.1, -0.05) is 30.3 Å². The normalized spacial score (nSPS) is 19.7. The SMILES string of the molecule is NC(=O)c1cc[n+](CC2=C(C(=O)O)N3C(=O)C(NC(=O)C(c4ccccc4)S(=O)(=O)[O-])C3SC2)cc1.[Na+]. The number of carbonyl (C=O) groups is 4. The second-order valence-electron chi connectivity index (χ2n) is 8.06. The molecular formula is C22H20N4NaO8S2+. The molecule has 3 unspecified atom stereocenters. The molecule has 15 heteroatoms. The Hall–Kier alpha value is -2.75. The minimum absolute atomic E-state index is 0. The fraction of sp³-hybridized carbons (Fsp3) is 0.227. The van der Waals surface area contributed by atoms with Gasteiger partial charge in [-0.25, -0.2) is 17.8 Å². The maximum Gasteiger partial charge on any atom is 1.00 e. The van der Waals surface area contributed by atoms with Gasteiger partial charge < -0.3 is 20.7 Å². The molecule has 0 radical (unpaired) electrons. The van der Waals surface area contributed by atoms with Gasteiger partial charge in [0.05, 0.1) is 5.56 Å². The van der Waals surface area contributed by atoms with Crippen molar-refractivity contribution in [2.75, 3.05) is 5.75 Å². The van der Waals surface area contributed by atoms with E-state index in [1.165, 1.54) is 48.2 Å². The van der Waals surface area contributed by atoms with Gasteiger partial charge in [0.1, 0.15) is 27.2 Å². The van der Waals surface area contributed by atoms with Crippen LogP contribution in [0.4, 0.5) is 0 Å². The van der Waals surface area contributed by atoms with Crippen molar-refractivity contribution in [1.82, 2.24) is 10.2 Å². The number of aromatic nitrogens is 1. The van der Waals surface area contributed by atoms with Gasteiger partial charge in [0.15, 0.2) is 24.2 Å². The number of thioether (sulfide) groups is 1. The maximum atomic E-state index is 12.9. The first-order chi connectivity index (χ1) is 17.0. The molecule has 3 heterocycles. The quantitative estimate of drug-likeness (QED) is 0.126. The minimum Gasteiger partial charge on any atom is -0.747 e. The average Bonchev–Trinajstić information content (AvgIpc) is 2.82. The third-order valence-electron chi connectivity index (χ3n) is 5.73. The molecule has 2 aliphatic rings. The molecule has 3 atom stereocenters. The number of rotatable bonds is 8. The topological polar surface area (TPSA) is 191 Å². The largest absolute Gasteiger partial charge is 1.00 e. The van der Waals surface area contributed by atoms with Gasteiger partial charge in [-0.05, 0) is 5.56 Å². The molecule has 0 spiro atoms. The summed E-state index contributed by atoms with van der Waals surface area (Å²) in [7, 11) is -5.10. The van der Waals surface area contributed by atoms with Crippen LogP contribution >= 0.6 is 11.8 Å². The summed E-state index contributed by atoms with van der Waals surface area (Å²) >= 11 is 1.19. The number of fused-ring (bicyclic) bond motifs is 1. The van der Waals surface area contributed by atoms with Crippen LogP contribution in [0.1, 0.15) is 21.2 Å². The van der Waals surface area contributed by atoms with Gasteiger partial charge in [0.25, 0.3) is 5.91 Å². The Morgan fingerprint density at radius 2 is 1.81 bits per heavy atom. The second-order valence-corrected chi connectivity index (χ2v) is 10.6. The Morgan fingerprint density at radius 3 is 2.35 bits per heavy atom. The molecule has 1 aromatic carbocycles. The molecule has 188 valence electrons. The van der Waals surface area contributed by atoms with E-state index >= 15 is 0 Å². The van der Waals surface area contributed by atoms with E-state index in [2.05, 4.69) is 5.32 Å². The van der Waals surface area contributed by atoms with Crippen LogP contribution < -0.4 is 45.2 Å². The maximum absolute atomic E-state index is 12.9. The Kier molecular flexibility index (Phi) is 8.82. The monoisotopic (exact) mass is 555 g/mol. The van der Waals surface area contributed by atoms with Gasteiger partial charge in [0.2, 0.25) is 11.8 Å². The van der Waals surface area contributed by atoms with Crippen LogP contribution in [0.5, 0.6) is 0 Å². The third-order valence-corrected chi connectivity index (χ3v) is 8.13. The average molecular weight is 556 g/mol. The van der Waals surface area contributed by atoms with E-state index in [0.717, 1.165) is 4.90 Å². The molecule has 4 N–H and O–H groups in total. The molecular weight excluding hydrogens is 535 g/mol. The summed E-state index contributed by atoms with van der Waals surface area (Å²) < 4.78 is 37.1. The van der Waals surface area contributed by atoms with Crippen molar-refractivity contribution in [1.29, 1.82) is 0 Å². The fourth-order valence-corrected chi connectivity index (χ4v) is 6.21. The number of aliphatic carboxylic acids is 1. The number of carboxylic acids is 1. The Balaban J connectivity index is 0.00000380. The number of β-lactam (4-membered cyclic amide) rings is 1. The number of nitrogens with one attached hydrogen (secondary N) is 1. The number of primary amides is 1. The van der Waals surface area contributed by atoms with Crippen LogP contribution in [0.3, 0.4) is 0 Å². The van der Waals surface area contributed by atoms with Crippen molar-refractivity contribution in [3.8, 4) is 0 Å². The van der Waals surface area contributed by atoms with Crippen molar-refractivity contribution in [3.05, 3.63) is 77.3 Å². The fourth-order valence-electron chi connectivity index (χ4n) is 4.06. The number of pyridine rings is 1. The van der Waals surface area contributed by atoms with Gasteiger partial charge >= 0.3 is 35.5 Å². The number of nitrogens with two attached hydrogens (primary N) is 1. The van der Waals surface area contributed by atoms with E-state index in [1.807, 2.05) is 0 Å². The van der Waals surface area contributed by atoms with Crippen LogP contribution in [0, 0.1) is 0 Å². The predicted molar refractivity (Wildman–Crippen MR) is 124 cm³/mol. The van der Waals surface area contributed by atoms with E-state index in [9.17, 15) is 37.3 Å². The van der Waals surface area contributed by atoms with Crippen molar-refractivity contribution < 1.29 is 71.4 Å². The van der Waals surface area contributed by atoms with Crippen molar-refractivity contribution >= 4 is 45.6 Å². The van der Waals surface area contributed by atoms with E-state index in [1.54, 1.807) is 23.0 Å². The van der Waals surface area contributed by atoms with Crippen LogP contribution in [-0.4, -0.2) is 63.8 Å². The van der Waals surface area contributed by atoms with Gasteiger partial charge in [-0.2, -0.15) is 0 Å². The summed E-state index contributed by atoms with van der Waals surface area (Å²) in [5.41, 5.74) is 5.64. The Labute approximate surface area is 237 Å². The van der Waals surface area contributed by atoms with E-state index in [-0.39, 0.29) is 58.7 Å². The molecule has 2 aromatic rings. The molecule has 3 amide bonds. The number of hydrogen-bond donors (Lipinski definition) is 3. The molecule has 1 aromatic heterocycles. The minimum atomic E-state index is -5.10. The second kappa shape index (κ2) is 11.3. The van der Waals surface area contributed by atoms with E-state index in [0.29, 0.717) is 5.57 Å². The summed E-state index contributed by atoms with van der Waals surface area (Å²) in [6.07, 6.45) is 3.11. The van der Waals surface area contributed by atoms with Crippen LogP contribution in [-0.2, 0) is 31.0 Å². The molecule has 2 aliphatic heterocycles. The number of amides is 3.